The summed E-state index contributed by atoms with van der Waals surface area (Å²) in [6.07, 6.45) is 4.18. The summed E-state index contributed by atoms with van der Waals surface area (Å²) in [6, 6.07) is 14.2. The van der Waals surface area contributed by atoms with Crippen molar-refractivity contribution in [3.8, 4) is 0 Å². The van der Waals surface area contributed by atoms with Gasteiger partial charge < -0.3 is 14.2 Å². The quantitative estimate of drug-likeness (QED) is 0.707. The SMILES string of the molecule is CC(=O)N1Cc2ccc(B3OC(C)(C)C(C)(C)O3)cc2/C=C\c2ccccc21. The van der Waals surface area contributed by atoms with Crippen molar-refractivity contribution in [1.29, 1.82) is 0 Å². The van der Waals surface area contributed by atoms with Crippen LogP contribution in [0.4, 0.5) is 5.69 Å². The van der Waals surface area contributed by atoms with E-state index in [0.29, 0.717) is 6.54 Å². The van der Waals surface area contributed by atoms with Gasteiger partial charge in [0.2, 0.25) is 5.91 Å². The van der Waals surface area contributed by atoms with Crippen molar-refractivity contribution < 1.29 is 14.1 Å². The molecule has 0 aliphatic carbocycles. The van der Waals surface area contributed by atoms with E-state index in [1.807, 2.05) is 35.2 Å². The topological polar surface area (TPSA) is 38.8 Å². The minimum absolute atomic E-state index is 0.0312. The van der Waals surface area contributed by atoms with E-state index in [9.17, 15) is 4.79 Å². The molecule has 2 aromatic carbocycles. The summed E-state index contributed by atoms with van der Waals surface area (Å²) in [4.78, 5) is 14.1. The molecule has 1 amide bonds. The van der Waals surface area contributed by atoms with Crippen molar-refractivity contribution >= 4 is 36.3 Å². The van der Waals surface area contributed by atoms with Crippen LogP contribution in [0.1, 0.15) is 51.3 Å². The maximum Gasteiger partial charge on any atom is 0.494 e. The summed E-state index contributed by atoms with van der Waals surface area (Å²) < 4.78 is 12.4. The molecule has 1 saturated heterocycles. The molecular formula is C23H26BNO3. The molecule has 2 aliphatic rings. The van der Waals surface area contributed by atoms with Gasteiger partial charge in [0.25, 0.3) is 0 Å². The van der Waals surface area contributed by atoms with Gasteiger partial charge in [-0.05, 0) is 55.9 Å². The number of carbonyl (C=O) groups is 1. The molecule has 0 aromatic heterocycles. The third-order valence-corrected chi connectivity index (χ3v) is 6.07. The number of nitrogens with zero attached hydrogens (tertiary/aromatic N) is 1. The molecule has 1 fully saturated rings. The molecule has 4 nitrogen and oxygen atoms in total. The van der Waals surface area contributed by atoms with Gasteiger partial charge >= 0.3 is 7.12 Å². The van der Waals surface area contributed by atoms with Gasteiger partial charge in [-0.1, -0.05) is 48.6 Å². The third-order valence-electron chi connectivity index (χ3n) is 6.07. The first-order valence-corrected chi connectivity index (χ1v) is 9.72. The molecule has 4 rings (SSSR count). The largest absolute Gasteiger partial charge is 0.494 e. The number of amides is 1. The Morgan fingerprint density at radius 1 is 0.964 bits per heavy atom. The van der Waals surface area contributed by atoms with Crippen molar-refractivity contribution in [3.63, 3.8) is 0 Å². The fourth-order valence-corrected chi connectivity index (χ4v) is 3.63. The molecular weight excluding hydrogens is 349 g/mol. The highest BCUT2D eigenvalue weighted by Gasteiger charge is 2.51. The first-order valence-electron chi connectivity index (χ1n) is 9.72. The summed E-state index contributed by atoms with van der Waals surface area (Å²) in [5.41, 5.74) is 4.39. The number of fused-ring (bicyclic) bond motifs is 2. The smallest absolute Gasteiger partial charge is 0.399 e. The highest BCUT2D eigenvalue weighted by Crippen LogP contribution is 2.37. The summed E-state index contributed by atoms with van der Waals surface area (Å²) in [5, 5.41) is 0. The van der Waals surface area contributed by atoms with Gasteiger partial charge in [-0.25, -0.2) is 0 Å². The Kier molecular flexibility index (Phi) is 4.48. The van der Waals surface area contributed by atoms with Crippen LogP contribution < -0.4 is 10.4 Å². The highest BCUT2D eigenvalue weighted by molar-refractivity contribution is 6.62. The van der Waals surface area contributed by atoms with Gasteiger partial charge in [0.15, 0.2) is 0 Å². The van der Waals surface area contributed by atoms with Crippen LogP contribution in [-0.4, -0.2) is 24.2 Å². The van der Waals surface area contributed by atoms with Crippen molar-refractivity contribution in [2.24, 2.45) is 0 Å². The standard InChI is InChI=1S/C23H26BNO3/c1-16(26)25-15-19-12-13-20(24-27-22(2,3)23(4,5)28-24)14-18(19)11-10-17-8-6-7-9-21(17)25/h6-14H,15H2,1-5H3/b11-10-. The molecule has 2 heterocycles. The molecule has 0 unspecified atom stereocenters. The van der Waals surface area contributed by atoms with Crippen molar-refractivity contribution in [3.05, 3.63) is 59.2 Å². The monoisotopic (exact) mass is 375 g/mol. The van der Waals surface area contributed by atoms with Gasteiger partial charge in [-0.15, -0.1) is 0 Å². The zero-order chi connectivity index (χ0) is 20.1. The second-order valence-electron chi connectivity index (χ2n) is 8.54. The molecule has 144 valence electrons. The first kappa shape index (κ1) is 19.0. The van der Waals surface area contributed by atoms with E-state index >= 15 is 0 Å². The molecule has 2 aliphatic heterocycles. The molecule has 0 saturated carbocycles. The first-order chi connectivity index (χ1) is 13.2. The normalized spacial score (nSPS) is 20.8. The van der Waals surface area contributed by atoms with E-state index < -0.39 is 7.12 Å². The lowest BCUT2D eigenvalue weighted by Gasteiger charge is -2.32. The number of hydrogen-bond acceptors (Lipinski definition) is 3. The number of hydrogen-bond donors (Lipinski definition) is 0. The van der Waals surface area contributed by atoms with Crippen molar-refractivity contribution in [2.45, 2.75) is 52.4 Å². The number of carbonyl (C=O) groups excluding carboxylic acids is 1. The highest BCUT2D eigenvalue weighted by atomic mass is 16.7. The van der Waals surface area contributed by atoms with Crippen molar-refractivity contribution in [1.82, 2.24) is 0 Å². The van der Waals surface area contributed by atoms with E-state index in [-0.39, 0.29) is 17.1 Å². The summed E-state index contributed by atoms with van der Waals surface area (Å²) in [5.74, 6) is 0.0312. The zero-order valence-electron chi connectivity index (χ0n) is 17.2. The average Bonchev–Trinajstić information content (AvgIpc) is 2.84. The number of anilines is 1. The summed E-state index contributed by atoms with van der Waals surface area (Å²) in [7, 11) is -0.398. The van der Waals surface area contributed by atoms with Gasteiger partial charge in [0.1, 0.15) is 0 Å². The maximum absolute atomic E-state index is 12.3. The Morgan fingerprint density at radius 2 is 1.61 bits per heavy atom. The van der Waals surface area contributed by atoms with Crippen LogP contribution >= 0.6 is 0 Å². The Balaban J connectivity index is 1.74. The predicted octanol–water partition coefficient (Wildman–Crippen LogP) is 4.02. The summed E-state index contributed by atoms with van der Waals surface area (Å²) in [6.45, 7) is 10.4. The molecule has 5 heteroatoms. The third kappa shape index (κ3) is 3.19. The number of rotatable bonds is 1. The van der Waals surface area contributed by atoms with Gasteiger partial charge in [0.05, 0.1) is 23.4 Å². The molecule has 0 bridgehead atoms. The maximum atomic E-state index is 12.3. The van der Waals surface area contributed by atoms with Crippen molar-refractivity contribution in [2.75, 3.05) is 4.90 Å². The minimum Gasteiger partial charge on any atom is -0.399 e. The fraction of sp³-hybridized carbons (Fsp3) is 0.348. The zero-order valence-corrected chi connectivity index (χ0v) is 17.2. The molecule has 0 N–H and O–H groups in total. The van der Waals surface area contributed by atoms with Crippen LogP contribution in [0.3, 0.4) is 0 Å². The van der Waals surface area contributed by atoms with Gasteiger partial charge in [-0.3, -0.25) is 4.79 Å². The van der Waals surface area contributed by atoms with Crippen LogP contribution in [0.5, 0.6) is 0 Å². The second kappa shape index (κ2) is 6.61. The molecule has 0 atom stereocenters. The Bertz CT molecular complexity index is 948. The fourth-order valence-electron chi connectivity index (χ4n) is 3.63. The Morgan fingerprint density at radius 3 is 2.29 bits per heavy atom. The van der Waals surface area contributed by atoms with Crippen LogP contribution in [0.25, 0.3) is 12.2 Å². The molecule has 0 radical (unpaired) electrons. The van der Waals surface area contributed by atoms with E-state index in [4.69, 9.17) is 9.31 Å². The van der Waals surface area contributed by atoms with E-state index in [2.05, 4.69) is 52.0 Å². The minimum atomic E-state index is -0.398. The lowest BCUT2D eigenvalue weighted by Crippen LogP contribution is -2.41. The number of benzene rings is 2. The van der Waals surface area contributed by atoms with Gasteiger partial charge in [-0.2, -0.15) is 0 Å². The van der Waals surface area contributed by atoms with Gasteiger partial charge in [0, 0.05) is 6.92 Å². The Hall–Kier alpha value is -2.37. The molecule has 28 heavy (non-hydrogen) atoms. The summed E-state index contributed by atoms with van der Waals surface area (Å²) >= 11 is 0. The lowest BCUT2D eigenvalue weighted by atomic mass is 9.77. The predicted molar refractivity (Wildman–Crippen MR) is 114 cm³/mol. The Labute approximate surface area is 167 Å². The van der Waals surface area contributed by atoms with Crippen LogP contribution in [0.15, 0.2) is 42.5 Å². The van der Waals surface area contributed by atoms with E-state index in [0.717, 1.165) is 27.8 Å². The number of para-hydroxylation sites is 1. The average molecular weight is 375 g/mol. The van der Waals surface area contributed by atoms with Crippen LogP contribution in [0.2, 0.25) is 0 Å². The van der Waals surface area contributed by atoms with Crippen LogP contribution in [0, 0.1) is 0 Å². The van der Waals surface area contributed by atoms with Crippen LogP contribution in [-0.2, 0) is 20.6 Å². The van der Waals surface area contributed by atoms with E-state index in [1.54, 1.807) is 6.92 Å². The van der Waals surface area contributed by atoms with E-state index in [1.165, 1.54) is 0 Å². The molecule has 2 aromatic rings. The molecule has 0 spiro atoms. The lowest BCUT2D eigenvalue weighted by molar-refractivity contribution is -0.116. The second-order valence-corrected chi connectivity index (χ2v) is 8.54.